The highest BCUT2D eigenvalue weighted by atomic mass is 35.5. The molecule has 2 atom stereocenters. The minimum absolute atomic E-state index is 0.0649. The molecule has 0 fully saturated rings. The molecule has 0 aromatic heterocycles. The average Bonchev–Trinajstić information content (AvgIpc) is 2.31. The van der Waals surface area contributed by atoms with Gasteiger partial charge in [-0.2, -0.15) is 0 Å². The average molecular weight is 291 g/mol. The fourth-order valence-corrected chi connectivity index (χ4v) is 3.19. The number of nitrogens with zero attached hydrogens (tertiary/aromatic N) is 1. The first kappa shape index (κ1) is 15.1. The Kier molecular flexibility index (Phi) is 5.71. The predicted octanol–water partition coefficient (Wildman–Crippen LogP) is 2.09. The van der Waals surface area contributed by atoms with Crippen LogP contribution in [-0.4, -0.2) is 21.4 Å². The zero-order chi connectivity index (χ0) is 13.7. The largest absolute Gasteiger partial charge is 0.330 e. The number of rotatable bonds is 6. The first-order chi connectivity index (χ1) is 8.43. The van der Waals surface area contributed by atoms with Gasteiger partial charge < -0.3 is 5.73 Å². The van der Waals surface area contributed by atoms with Crippen molar-refractivity contribution in [2.24, 2.45) is 11.7 Å². The Morgan fingerprint density at radius 2 is 2.22 bits per heavy atom. The molecule has 0 saturated carbocycles. The molecule has 0 bridgehead atoms. The summed E-state index contributed by atoms with van der Waals surface area (Å²) in [6, 6.07) is 4.19. The van der Waals surface area contributed by atoms with Crippen molar-refractivity contribution in [1.29, 1.82) is 0 Å². The topological polar surface area (TPSA) is 86.2 Å². The molecular formula is C11H15ClN2O3S. The molecule has 1 rings (SSSR count). The number of nitro benzene ring substituents is 1. The van der Waals surface area contributed by atoms with Gasteiger partial charge in [-0.15, -0.1) is 0 Å². The summed E-state index contributed by atoms with van der Waals surface area (Å²) in [6.45, 7) is 2.41. The zero-order valence-corrected chi connectivity index (χ0v) is 11.5. The van der Waals surface area contributed by atoms with Crippen LogP contribution in [0, 0.1) is 16.0 Å². The fraction of sp³-hybridized carbons (Fsp3) is 0.455. The van der Waals surface area contributed by atoms with Crippen LogP contribution in [0.2, 0.25) is 5.02 Å². The van der Waals surface area contributed by atoms with Crippen LogP contribution in [0.3, 0.4) is 0 Å². The van der Waals surface area contributed by atoms with Crippen molar-refractivity contribution in [3.05, 3.63) is 38.9 Å². The second-order valence-corrected chi connectivity index (χ2v) is 6.03. The Morgan fingerprint density at radius 3 is 2.72 bits per heavy atom. The van der Waals surface area contributed by atoms with Crippen LogP contribution in [0.25, 0.3) is 0 Å². The van der Waals surface area contributed by atoms with E-state index < -0.39 is 15.7 Å². The summed E-state index contributed by atoms with van der Waals surface area (Å²) in [5.41, 5.74) is 6.05. The number of nitrogens with two attached hydrogens (primary N) is 1. The van der Waals surface area contributed by atoms with Crippen LogP contribution in [0.1, 0.15) is 12.5 Å². The maximum atomic E-state index is 11.8. The monoisotopic (exact) mass is 290 g/mol. The van der Waals surface area contributed by atoms with Gasteiger partial charge in [0.15, 0.2) is 0 Å². The predicted molar refractivity (Wildman–Crippen MR) is 73.0 cm³/mol. The highest BCUT2D eigenvalue weighted by Crippen LogP contribution is 2.23. The van der Waals surface area contributed by atoms with Gasteiger partial charge in [0.1, 0.15) is 0 Å². The quantitative estimate of drug-likeness (QED) is 0.642. The van der Waals surface area contributed by atoms with Crippen LogP contribution >= 0.6 is 11.6 Å². The third-order valence-electron chi connectivity index (χ3n) is 2.44. The smallest absolute Gasteiger partial charge is 0.270 e. The normalized spacial score (nSPS) is 14.2. The van der Waals surface area contributed by atoms with Gasteiger partial charge in [0.05, 0.1) is 15.7 Å². The van der Waals surface area contributed by atoms with Crippen molar-refractivity contribution in [2.75, 3.05) is 12.3 Å². The Bertz CT molecular complexity index is 468. The Hall–Kier alpha value is -0.980. The third kappa shape index (κ3) is 4.36. The van der Waals surface area contributed by atoms with Crippen LogP contribution in [0.15, 0.2) is 18.2 Å². The highest BCUT2D eigenvalue weighted by molar-refractivity contribution is 7.84. The first-order valence-corrected chi connectivity index (χ1v) is 7.28. The summed E-state index contributed by atoms with van der Waals surface area (Å²) in [5, 5.41) is 10.8. The number of non-ortho nitro benzene ring substituents is 1. The number of benzene rings is 1. The Balaban J connectivity index is 2.74. The van der Waals surface area contributed by atoms with Gasteiger partial charge in [0.2, 0.25) is 0 Å². The van der Waals surface area contributed by atoms with Crippen LogP contribution in [-0.2, 0) is 16.6 Å². The standard InChI is InChI=1S/C11H15ClN2O3S/c1-8(5-13)6-18(17)7-9-2-3-10(14(15)16)4-11(9)12/h2-4,8H,5-7,13H2,1H3. The highest BCUT2D eigenvalue weighted by Gasteiger charge is 2.12. The van der Waals surface area contributed by atoms with Crippen molar-refractivity contribution in [3.63, 3.8) is 0 Å². The van der Waals surface area contributed by atoms with Crippen molar-refractivity contribution >= 4 is 28.1 Å². The lowest BCUT2D eigenvalue weighted by Crippen LogP contribution is -2.18. The third-order valence-corrected chi connectivity index (χ3v) is 4.36. The number of nitro groups is 1. The van der Waals surface area contributed by atoms with Gasteiger partial charge in [0, 0.05) is 28.7 Å². The summed E-state index contributed by atoms with van der Waals surface area (Å²) in [4.78, 5) is 10.0. The summed E-state index contributed by atoms with van der Waals surface area (Å²) >= 11 is 5.92. The molecule has 0 aliphatic heterocycles. The summed E-state index contributed by atoms with van der Waals surface area (Å²) in [7, 11) is -1.06. The lowest BCUT2D eigenvalue weighted by molar-refractivity contribution is -0.384. The van der Waals surface area contributed by atoms with Gasteiger partial charge in [-0.3, -0.25) is 14.3 Å². The van der Waals surface area contributed by atoms with Crippen LogP contribution in [0.5, 0.6) is 0 Å². The molecule has 7 heteroatoms. The molecule has 2 unspecified atom stereocenters. The van der Waals surface area contributed by atoms with E-state index >= 15 is 0 Å². The van der Waals surface area contributed by atoms with E-state index in [4.69, 9.17) is 17.3 Å². The number of hydrogen-bond acceptors (Lipinski definition) is 4. The Morgan fingerprint density at radius 1 is 1.56 bits per heavy atom. The second-order valence-electron chi connectivity index (χ2n) is 4.12. The molecule has 0 radical (unpaired) electrons. The van der Waals surface area contributed by atoms with Gasteiger partial charge in [-0.1, -0.05) is 18.5 Å². The van der Waals surface area contributed by atoms with Crippen LogP contribution in [0.4, 0.5) is 5.69 Å². The molecule has 0 saturated heterocycles. The molecule has 100 valence electrons. The molecule has 0 aliphatic rings. The van der Waals surface area contributed by atoms with E-state index in [-0.39, 0.29) is 16.6 Å². The molecule has 0 amide bonds. The first-order valence-electron chi connectivity index (χ1n) is 5.42. The zero-order valence-electron chi connectivity index (χ0n) is 9.97. The van der Waals surface area contributed by atoms with E-state index in [1.165, 1.54) is 12.1 Å². The van der Waals surface area contributed by atoms with Gasteiger partial charge >= 0.3 is 0 Å². The molecule has 0 spiro atoms. The van der Waals surface area contributed by atoms with E-state index in [1.54, 1.807) is 6.07 Å². The van der Waals surface area contributed by atoms with Crippen molar-refractivity contribution in [3.8, 4) is 0 Å². The molecule has 2 N–H and O–H groups in total. The second kappa shape index (κ2) is 6.82. The summed E-state index contributed by atoms with van der Waals surface area (Å²) in [5.74, 6) is 0.980. The fourth-order valence-electron chi connectivity index (χ4n) is 1.38. The van der Waals surface area contributed by atoms with Gasteiger partial charge in [-0.05, 0) is 24.1 Å². The molecule has 0 aliphatic carbocycles. The van der Waals surface area contributed by atoms with E-state index in [9.17, 15) is 14.3 Å². The Labute approximate surface area is 113 Å². The molecule has 18 heavy (non-hydrogen) atoms. The summed E-state index contributed by atoms with van der Waals surface area (Å²) < 4.78 is 11.8. The molecule has 1 aromatic carbocycles. The maximum absolute atomic E-state index is 11.8. The maximum Gasteiger partial charge on any atom is 0.270 e. The molecule has 1 aromatic rings. The van der Waals surface area contributed by atoms with Crippen LogP contribution < -0.4 is 5.73 Å². The van der Waals surface area contributed by atoms with E-state index in [0.717, 1.165) is 0 Å². The van der Waals surface area contributed by atoms with Crippen molar-refractivity contribution in [1.82, 2.24) is 0 Å². The molecule has 5 nitrogen and oxygen atoms in total. The number of halogens is 1. The minimum atomic E-state index is -1.06. The van der Waals surface area contributed by atoms with Crippen molar-refractivity contribution in [2.45, 2.75) is 12.7 Å². The van der Waals surface area contributed by atoms with Crippen molar-refractivity contribution < 1.29 is 9.13 Å². The van der Waals surface area contributed by atoms with Gasteiger partial charge in [-0.25, -0.2) is 0 Å². The lowest BCUT2D eigenvalue weighted by Gasteiger charge is -2.08. The van der Waals surface area contributed by atoms with E-state index in [0.29, 0.717) is 23.6 Å². The minimum Gasteiger partial charge on any atom is -0.330 e. The van der Waals surface area contributed by atoms with E-state index in [2.05, 4.69) is 0 Å². The molecule has 0 heterocycles. The molecular weight excluding hydrogens is 276 g/mol. The van der Waals surface area contributed by atoms with E-state index in [1.807, 2.05) is 6.92 Å². The summed E-state index contributed by atoms with van der Waals surface area (Å²) in [6.07, 6.45) is 0. The number of hydrogen-bond donors (Lipinski definition) is 1. The lowest BCUT2D eigenvalue weighted by atomic mass is 10.2. The SMILES string of the molecule is CC(CN)CS(=O)Cc1ccc([N+](=O)[O-])cc1Cl. The van der Waals surface area contributed by atoms with Gasteiger partial charge in [0.25, 0.3) is 5.69 Å².